The third kappa shape index (κ3) is 5.56. The van der Waals surface area contributed by atoms with Crippen molar-refractivity contribution in [2.75, 3.05) is 26.7 Å². The van der Waals surface area contributed by atoms with E-state index in [4.69, 9.17) is 0 Å². The van der Waals surface area contributed by atoms with Crippen molar-refractivity contribution in [2.24, 2.45) is 4.99 Å². The number of rotatable bonds is 5. The van der Waals surface area contributed by atoms with Gasteiger partial charge in [-0.25, -0.2) is 0 Å². The first-order valence-corrected chi connectivity index (χ1v) is 9.65. The molecule has 2 rings (SSSR count). The minimum Gasteiger partial charge on any atom is -0.356 e. The highest BCUT2D eigenvalue weighted by Gasteiger charge is 2.21. The molecule has 0 bridgehead atoms. The van der Waals surface area contributed by atoms with E-state index in [-0.39, 0.29) is 0 Å². The Morgan fingerprint density at radius 2 is 2.14 bits per heavy atom. The zero-order valence-corrected chi connectivity index (χ0v) is 16.1. The fourth-order valence-electron chi connectivity index (χ4n) is 2.74. The van der Waals surface area contributed by atoms with Crippen molar-refractivity contribution in [3.63, 3.8) is 0 Å². The number of hydrogen-bond acceptors (Lipinski definition) is 3. The average Bonchev–Trinajstić information content (AvgIpc) is 2.92. The predicted molar refractivity (Wildman–Crippen MR) is 100.0 cm³/mol. The lowest BCUT2D eigenvalue weighted by Crippen LogP contribution is -2.50. The molecule has 0 radical (unpaired) electrons. The van der Waals surface area contributed by atoms with Gasteiger partial charge in [0.25, 0.3) is 0 Å². The summed E-state index contributed by atoms with van der Waals surface area (Å²) in [6.07, 6.45) is 3.41. The summed E-state index contributed by atoms with van der Waals surface area (Å²) in [5, 5.41) is 6.99. The molecule has 1 fully saturated rings. The van der Waals surface area contributed by atoms with E-state index in [0.29, 0.717) is 12.1 Å². The first kappa shape index (κ1) is 17.8. The molecule has 2 N–H and O–H groups in total. The van der Waals surface area contributed by atoms with Gasteiger partial charge < -0.3 is 15.5 Å². The maximum absolute atomic E-state index is 4.35. The fourth-order valence-corrected chi connectivity index (χ4v) is 4.22. The molecule has 1 aromatic heterocycles. The molecule has 1 aliphatic rings. The van der Waals surface area contributed by atoms with Crippen LogP contribution in [0, 0.1) is 0 Å². The number of guanidine groups is 1. The van der Waals surface area contributed by atoms with Gasteiger partial charge in [-0.05, 0) is 61.2 Å². The summed E-state index contributed by atoms with van der Waals surface area (Å²) >= 11 is 5.30. The maximum atomic E-state index is 4.35. The first-order valence-electron chi connectivity index (χ1n) is 8.04. The van der Waals surface area contributed by atoms with E-state index in [1.54, 1.807) is 11.3 Å². The van der Waals surface area contributed by atoms with Crippen molar-refractivity contribution >= 4 is 33.2 Å². The zero-order valence-electron chi connectivity index (χ0n) is 13.7. The van der Waals surface area contributed by atoms with Crippen LogP contribution in [0.15, 0.2) is 20.9 Å². The van der Waals surface area contributed by atoms with Gasteiger partial charge in [0, 0.05) is 43.6 Å². The molecule has 1 saturated heterocycles. The lowest BCUT2D eigenvalue weighted by molar-refractivity contribution is 0.167. The Balaban J connectivity index is 1.69. The molecule has 0 atom stereocenters. The Labute approximate surface area is 146 Å². The lowest BCUT2D eigenvalue weighted by Gasteiger charge is -2.35. The Morgan fingerprint density at radius 1 is 1.41 bits per heavy atom. The Hall–Kier alpha value is -0.590. The maximum Gasteiger partial charge on any atom is 0.191 e. The van der Waals surface area contributed by atoms with Gasteiger partial charge in [-0.15, -0.1) is 11.3 Å². The number of piperidine rings is 1. The SMILES string of the molecule is CN=C(NCCc1ccc(Br)s1)NC1CCN(C(C)C)CC1. The van der Waals surface area contributed by atoms with Gasteiger partial charge in [0.05, 0.1) is 3.79 Å². The Kier molecular flexibility index (Phi) is 7.18. The third-order valence-electron chi connectivity index (χ3n) is 4.12. The van der Waals surface area contributed by atoms with Crippen LogP contribution >= 0.6 is 27.3 Å². The number of hydrogen-bond donors (Lipinski definition) is 2. The zero-order chi connectivity index (χ0) is 15.9. The normalized spacial score (nSPS) is 18.0. The second-order valence-corrected chi connectivity index (χ2v) is 8.55. The van der Waals surface area contributed by atoms with Crippen molar-refractivity contribution in [1.82, 2.24) is 15.5 Å². The molecule has 124 valence electrons. The summed E-state index contributed by atoms with van der Waals surface area (Å²) in [7, 11) is 1.85. The highest BCUT2D eigenvalue weighted by atomic mass is 79.9. The largest absolute Gasteiger partial charge is 0.356 e. The fraction of sp³-hybridized carbons (Fsp3) is 0.688. The average molecular weight is 387 g/mol. The van der Waals surface area contributed by atoms with Crippen molar-refractivity contribution in [1.29, 1.82) is 0 Å². The molecule has 6 heteroatoms. The van der Waals surface area contributed by atoms with Crippen molar-refractivity contribution < 1.29 is 0 Å². The minimum atomic E-state index is 0.539. The number of aliphatic imine (C=N–C) groups is 1. The number of likely N-dealkylation sites (tertiary alicyclic amines) is 1. The topological polar surface area (TPSA) is 39.7 Å². The van der Waals surface area contributed by atoms with Crippen LogP contribution in [0.5, 0.6) is 0 Å². The second-order valence-electron chi connectivity index (χ2n) is 6.00. The summed E-state index contributed by atoms with van der Waals surface area (Å²) in [6, 6.07) is 5.48. The number of halogens is 1. The first-order chi connectivity index (χ1) is 10.6. The van der Waals surface area contributed by atoms with Crippen molar-refractivity contribution in [3.8, 4) is 0 Å². The summed E-state index contributed by atoms with van der Waals surface area (Å²) in [6.45, 7) is 7.82. The number of nitrogens with one attached hydrogen (secondary N) is 2. The summed E-state index contributed by atoms with van der Waals surface area (Å²) in [5.74, 6) is 0.929. The number of nitrogens with zero attached hydrogens (tertiary/aromatic N) is 2. The van der Waals surface area contributed by atoms with Crippen LogP contribution in [0.4, 0.5) is 0 Å². The van der Waals surface area contributed by atoms with Crippen LogP contribution < -0.4 is 10.6 Å². The highest BCUT2D eigenvalue weighted by molar-refractivity contribution is 9.11. The highest BCUT2D eigenvalue weighted by Crippen LogP contribution is 2.22. The third-order valence-corrected chi connectivity index (χ3v) is 5.80. The van der Waals surface area contributed by atoms with Gasteiger partial charge in [0.1, 0.15) is 0 Å². The Bertz CT molecular complexity index is 478. The van der Waals surface area contributed by atoms with E-state index in [1.165, 1.54) is 34.6 Å². The smallest absolute Gasteiger partial charge is 0.191 e. The monoisotopic (exact) mass is 386 g/mol. The standard InChI is InChI=1S/C16H27BrN4S/c1-12(2)21-10-7-13(8-11-21)20-16(18-3)19-9-6-14-4-5-15(17)22-14/h4-5,12-13H,6-11H2,1-3H3,(H2,18,19,20). The van der Waals surface area contributed by atoms with E-state index in [9.17, 15) is 0 Å². The van der Waals surface area contributed by atoms with Crippen molar-refractivity contribution in [3.05, 3.63) is 20.8 Å². The molecule has 0 aromatic carbocycles. The molecule has 2 heterocycles. The Morgan fingerprint density at radius 3 is 2.68 bits per heavy atom. The van der Waals surface area contributed by atoms with Gasteiger partial charge in [-0.2, -0.15) is 0 Å². The van der Waals surface area contributed by atoms with Gasteiger partial charge in [0.15, 0.2) is 5.96 Å². The van der Waals surface area contributed by atoms with Crippen LogP contribution in [0.1, 0.15) is 31.6 Å². The van der Waals surface area contributed by atoms with Crippen molar-refractivity contribution in [2.45, 2.75) is 45.2 Å². The molecular weight excluding hydrogens is 360 g/mol. The quantitative estimate of drug-likeness (QED) is 0.603. The van der Waals surface area contributed by atoms with Crippen LogP contribution in [-0.2, 0) is 6.42 Å². The van der Waals surface area contributed by atoms with Gasteiger partial charge in [0.2, 0.25) is 0 Å². The molecule has 22 heavy (non-hydrogen) atoms. The predicted octanol–water partition coefficient (Wildman–Crippen LogP) is 3.09. The van der Waals surface area contributed by atoms with Crippen LogP contribution in [0.3, 0.4) is 0 Å². The second kappa shape index (κ2) is 8.89. The molecule has 1 aromatic rings. The lowest BCUT2D eigenvalue weighted by atomic mass is 10.0. The molecule has 0 aliphatic carbocycles. The van der Waals surface area contributed by atoms with E-state index in [2.05, 4.69) is 62.4 Å². The van der Waals surface area contributed by atoms with E-state index < -0.39 is 0 Å². The van der Waals surface area contributed by atoms with E-state index in [0.717, 1.165) is 18.9 Å². The summed E-state index contributed by atoms with van der Waals surface area (Å²) in [4.78, 5) is 8.28. The van der Waals surface area contributed by atoms with Gasteiger partial charge in [-0.1, -0.05) is 0 Å². The molecule has 4 nitrogen and oxygen atoms in total. The van der Waals surface area contributed by atoms with Crippen LogP contribution in [-0.4, -0.2) is 49.6 Å². The van der Waals surface area contributed by atoms with Crippen LogP contribution in [0.25, 0.3) is 0 Å². The summed E-state index contributed by atoms with van der Waals surface area (Å²) < 4.78 is 1.20. The molecule has 0 saturated carbocycles. The van der Waals surface area contributed by atoms with E-state index >= 15 is 0 Å². The summed E-state index contributed by atoms with van der Waals surface area (Å²) in [5.41, 5.74) is 0. The van der Waals surface area contributed by atoms with E-state index in [1.807, 2.05) is 7.05 Å². The molecule has 0 unspecified atom stereocenters. The van der Waals surface area contributed by atoms with Crippen LogP contribution in [0.2, 0.25) is 0 Å². The molecule has 1 aliphatic heterocycles. The minimum absolute atomic E-state index is 0.539. The molecule has 0 spiro atoms. The number of thiophene rings is 1. The molecular formula is C16H27BrN4S. The molecule has 0 amide bonds. The van der Waals surface area contributed by atoms with Gasteiger partial charge in [-0.3, -0.25) is 4.99 Å². The van der Waals surface area contributed by atoms with Gasteiger partial charge >= 0.3 is 0 Å².